The highest BCUT2D eigenvalue weighted by molar-refractivity contribution is 6.74. The van der Waals surface area contributed by atoms with E-state index in [-0.39, 0.29) is 10.8 Å². The van der Waals surface area contributed by atoms with Gasteiger partial charge in [0.05, 0.1) is 6.61 Å². The van der Waals surface area contributed by atoms with Crippen LogP contribution in [0.1, 0.15) is 27.7 Å². The van der Waals surface area contributed by atoms with Crippen LogP contribution in [0.25, 0.3) is 0 Å². The van der Waals surface area contributed by atoms with E-state index in [1.54, 1.807) is 13.0 Å². The number of carbonyl (C=O) groups excluding carboxylic acids is 1. The van der Waals surface area contributed by atoms with E-state index in [9.17, 15) is 4.79 Å². The number of hydrogen-bond donors (Lipinski definition) is 0. The van der Waals surface area contributed by atoms with Crippen molar-refractivity contribution in [3.05, 3.63) is 12.2 Å². The van der Waals surface area contributed by atoms with Crippen LogP contribution in [-0.4, -0.2) is 20.7 Å². The summed E-state index contributed by atoms with van der Waals surface area (Å²) < 4.78 is 5.81. The lowest BCUT2D eigenvalue weighted by atomic mass is 10.2. The zero-order chi connectivity index (χ0) is 12.8. The maximum Gasteiger partial charge on any atom is 0.228 e. The first kappa shape index (κ1) is 15.1. The fraction of sp³-hybridized carbons (Fsp3) is 0.615. The Balaban J connectivity index is 4.23. The van der Waals surface area contributed by atoms with Crippen LogP contribution < -0.4 is 0 Å². The minimum Gasteiger partial charge on any atom is -0.406 e. The topological polar surface area (TPSA) is 26.3 Å². The van der Waals surface area contributed by atoms with Gasteiger partial charge in [-0.2, -0.15) is 0 Å². The lowest BCUT2D eigenvalue weighted by molar-refractivity contribution is -0.109. The first-order chi connectivity index (χ1) is 7.20. The third kappa shape index (κ3) is 5.29. The molecule has 0 bridgehead atoms. The van der Waals surface area contributed by atoms with Gasteiger partial charge >= 0.3 is 0 Å². The van der Waals surface area contributed by atoms with Gasteiger partial charge in [-0.3, -0.25) is 4.79 Å². The van der Waals surface area contributed by atoms with Gasteiger partial charge in [0.15, 0.2) is 8.32 Å². The van der Waals surface area contributed by atoms with E-state index in [1.165, 1.54) is 6.08 Å². The van der Waals surface area contributed by atoms with Gasteiger partial charge in [0.25, 0.3) is 0 Å². The maximum atomic E-state index is 11.1. The Labute approximate surface area is 100 Å². The van der Waals surface area contributed by atoms with Gasteiger partial charge in [-0.05, 0) is 37.1 Å². The number of allylic oxidation sites excluding steroid dienone is 2. The minimum absolute atomic E-state index is 0.165. The van der Waals surface area contributed by atoms with Crippen LogP contribution in [0.2, 0.25) is 18.1 Å². The Kier molecular flexibility index (Phi) is 5.70. The summed E-state index contributed by atoms with van der Waals surface area (Å²) in [6.07, 6.45) is 3.14. The van der Waals surface area contributed by atoms with Crippen molar-refractivity contribution >= 4 is 14.1 Å². The summed E-state index contributed by atoms with van der Waals surface area (Å²) in [6.45, 7) is 13.0. The molecule has 0 saturated carbocycles. The van der Waals surface area contributed by atoms with Crippen LogP contribution in [0.3, 0.4) is 0 Å². The smallest absolute Gasteiger partial charge is 0.228 e. The number of ketones is 1. The number of carbonyl (C=O) groups is 1. The van der Waals surface area contributed by atoms with Crippen LogP contribution in [0.15, 0.2) is 12.2 Å². The molecule has 0 N–H and O–H groups in total. The second-order valence-electron chi connectivity index (χ2n) is 5.22. The van der Waals surface area contributed by atoms with Crippen LogP contribution in [0, 0.1) is 11.8 Å². The molecule has 0 amide bonds. The molecular weight excluding hydrogens is 216 g/mol. The molecule has 0 aromatic rings. The molecule has 0 rings (SSSR count). The summed E-state index contributed by atoms with van der Waals surface area (Å²) in [4.78, 5) is 11.1. The summed E-state index contributed by atoms with van der Waals surface area (Å²) in [6, 6.07) is 0. The molecule has 0 saturated heterocycles. The van der Waals surface area contributed by atoms with Crippen molar-refractivity contribution < 1.29 is 9.22 Å². The molecule has 2 nitrogen and oxygen atoms in total. The molecule has 0 heterocycles. The molecule has 0 aliphatic carbocycles. The largest absolute Gasteiger partial charge is 0.406 e. The monoisotopic (exact) mass is 238 g/mol. The van der Waals surface area contributed by atoms with Crippen molar-refractivity contribution in [3.63, 3.8) is 0 Å². The van der Waals surface area contributed by atoms with E-state index in [2.05, 4.69) is 45.7 Å². The quantitative estimate of drug-likeness (QED) is 0.327. The highest BCUT2D eigenvalue weighted by Gasteiger charge is 2.36. The van der Waals surface area contributed by atoms with Crippen molar-refractivity contribution in [2.75, 3.05) is 6.61 Å². The Morgan fingerprint density at radius 3 is 2.38 bits per heavy atom. The predicted octanol–water partition coefficient (Wildman–Crippen LogP) is 3.16. The molecule has 0 fully saturated rings. The summed E-state index contributed by atoms with van der Waals surface area (Å²) in [7, 11) is -1.73. The molecule has 0 radical (unpaired) electrons. The summed E-state index contributed by atoms with van der Waals surface area (Å²) in [5.74, 6) is 5.12. The van der Waals surface area contributed by atoms with Crippen LogP contribution in [0.4, 0.5) is 0 Å². The molecule has 0 aromatic heterocycles. The standard InChI is InChI=1S/C13H22O2Si/c1-7-9-12(14)10-8-11-15-16(5,6)13(2,3)4/h7,9H,11H2,1-6H3/b9-7+. The summed E-state index contributed by atoms with van der Waals surface area (Å²) in [5.41, 5.74) is 0. The van der Waals surface area contributed by atoms with Crippen molar-refractivity contribution in [2.45, 2.75) is 45.8 Å². The van der Waals surface area contributed by atoms with E-state index in [0.29, 0.717) is 6.61 Å². The Bertz CT molecular complexity index is 324. The van der Waals surface area contributed by atoms with Gasteiger partial charge in [-0.15, -0.1) is 0 Å². The van der Waals surface area contributed by atoms with Gasteiger partial charge in [-0.25, -0.2) is 0 Å². The van der Waals surface area contributed by atoms with Crippen LogP contribution >= 0.6 is 0 Å². The zero-order valence-corrected chi connectivity index (χ0v) is 12.2. The van der Waals surface area contributed by atoms with Gasteiger partial charge in [0, 0.05) is 0 Å². The fourth-order valence-electron chi connectivity index (χ4n) is 0.749. The van der Waals surface area contributed by atoms with Gasteiger partial charge in [0.1, 0.15) is 0 Å². The first-order valence-electron chi connectivity index (χ1n) is 5.50. The lowest BCUT2D eigenvalue weighted by Gasteiger charge is -2.35. The second kappa shape index (κ2) is 6.02. The van der Waals surface area contributed by atoms with E-state index in [0.717, 1.165) is 0 Å². The molecular formula is C13H22O2Si. The molecule has 0 aliphatic rings. The maximum absolute atomic E-state index is 11.1. The summed E-state index contributed by atoms with van der Waals surface area (Å²) >= 11 is 0. The molecule has 0 aliphatic heterocycles. The lowest BCUT2D eigenvalue weighted by Crippen LogP contribution is -2.40. The minimum atomic E-state index is -1.73. The van der Waals surface area contributed by atoms with Crippen LogP contribution in [-0.2, 0) is 9.22 Å². The normalized spacial score (nSPS) is 12.4. The summed E-state index contributed by atoms with van der Waals surface area (Å²) in [5, 5.41) is 0.183. The highest BCUT2D eigenvalue weighted by Crippen LogP contribution is 2.36. The van der Waals surface area contributed by atoms with Crippen molar-refractivity contribution in [1.82, 2.24) is 0 Å². The predicted molar refractivity (Wildman–Crippen MR) is 70.7 cm³/mol. The number of rotatable bonds is 3. The molecule has 0 spiro atoms. The molecule has 16 heavy (non-hydrogen) atoms. The number of hydrogen-bond acceptors (Lipinski definition) is 2. The molecule has 0 atom stereocenters. The average Bonchev–Trinajstić information content (AvgIpc) is 2.11. The molecule has 0 unspecified atom stereocenters. The van der Waals surface area contributed by atoms with E-state index < -0.39 is 8.32 Å². The van der Waals surface area contributed by atoms with Crippen molar-refractivity contribution in [1.29, 1.82) is 0 Å². The van der Waals surface area contributed by atoms with E-state index in [4.69, 9.17) is 4.43 Å². The van der Waals surface area contributed by atoms with Gasteiger partial charge in [0.2, 0.25) is 5.78 Å². The third-order valence-electron chi connectivity index (χ3n) is 2.84. The Hall–Kier alpha value is -0.853. The Morgan fingerprint density at radius 1 is 1.38 bits per heavy atom. The van der Waals surface area contributed by atoms with Gasteiger partial charge < -0.3 is 4.43 Å². The molecule has 90 valence electrons. The van der Waals surface area contributed by atoms with Crippen LogP contribution in [0.5, 0.6) is 0 Å². The average molecular weight is 238 g/mol. The zero-order valence-electron chi connectivity index (χ0n) is 11.2. The third-order valence-corrected chi connectivity index (χ3v) is 7.32. The first-order valence-corrected chi connectivity index (χ1v) is 8.41. The van der Waals surface area contributed by atoms with E-state index in [1.807, 2.05) is 0 Å². The second-order valence-corrected chi connectivity index (χ2v) is 10.0. The molecule has 0 aromatic carbocycles. The van der Waals surface area contributed by atoms with E-state index >= 15 is 0 Å². The Morgan fingerprint density at radius 2 is 1.94 bits per heavy atom. The molecule has 3 heteroatoms. The highest BCUT2D eigenvalue weighted by atomic mass is 28.4. The fourth-order valence-corrected chi connectivity index (χ4v) is 1.62. The van der Waals surface area contributed by atoms with Crippen molar-refractivity contribution in [2.24, 2.45) is 0 Å². The SMILES string of the molecule is C/C=C/C(=O)C#CCO[Si](C)(C)C(C)(C)C. The van der Waals surface area contributed by atoms with Crippen molar-refractivity contribution in [3.8, 4) is 11.8 Å². The van der Waals surface area contributed by atoms with Gasteiger partial charge in [-0.1, -0.05) is 32.8 Å².